The largest absolute Gasteiger partial charge is 0.0654 e. The Kier molecular flexibility index (Phi) is 1.18. The van der Waals surface area contributed by atoms with Gasteiger partial charge in [0.05, 0.1) is 5.41 Å². The molecule has 0 heterocycles. The average Bonchev–Trinajstić information content (AvgIpc) is 2.87. The summed E-state index contributed by atoms with van der Waals surface area (Å²) in [6.45, 7) is 2.38. The number of hydrogen-bond donors (Lipinski definition) is 0. The monoisotopic (exact) mass is 350 g/mol. The first kappa shape index (κ1) is 11.9. The van der Waals surface area contributed by atoms with E-state index in [0.717, 1.165) is 5.92 Å². The van der Waals surface area contributed by atoms with Crippen LogP contribution in [0.4, 0.5) is 0 Å². The Bertz CT molecular complexity index is 1880. The summed E-state index contributed by atoms with van der Waals surface area (Å²) in [5.74, 6) is 0.734. The summed E-state index contributed by atoms with van der Waals surface area (Å²) < 4.78 is 0. The highest BCUT2D eigenvalue weighted by Crippen LogP contribution is 2.87. The molecular weight excluding hydrogens is 336 g/mol. The molecule has 0 saturated carbocycles. The molecule has 6 bridgehead atoms. The van der Waals surface area contributed by atoms with Crippen molar-refractivity contribution in [1.82, 2.24) is 0 Å². The molecule has 0 aromatic heterocycles. The fourth-order valence-electron chi connectivity index (χ4n) is 9.71. The van der Waals surface area contributed by atoms with Crippen molar-refractivity contribution in [2.45, 2.75) is 36.5 Å². The maximum atomic E-state index is 2.66. The Morgan fingerprint density at radius 1 is 0.929 bits per heavy atom. The number of fused-ring (bicyclic) bond motifs is 1. The maximum Gasteiger partial charge on any atom is 0.0616 e. The Morgan fingerprint density at radius 2 is 1.86 bits per heavy atom. The standard InChI is InChI=1S/C28H14/c1-2-4-14-19-12-8-16-23-15-7-10-5-3-6-11-18(10)24(23)20(12)21-13-9-17-26(22(11)21)28(15,16)27(14,17)25(13)19/h3,5-9,14H,2,4H2,1H3. The van der Waals surface area contributed by atoms with Gasteiger partial charge in [0.1, 0.15) is 0 Å². The molecule has 0 fully saturated rings. The first-order valence-corrected chi connectivity index (χ1v) is 10.9. The molecule has 11 rings (SSSR count). The van der Waals surface area contributed by atoms with Crippen LogP contribution < -0.4 is 5.22 Å². The van der Waals surface area contributed by atoms with E-state index < -0.39 is 0 Å². The Hall–Kier alpha value is -2.86. The first-order valence-electron chi connectivity index (χ1n) is 10.9. The van der Waals surface area contributed by atoms with Crippen molar-refractivity contribution in [1.29, 1.82) is 0 Å². The molecule has 126 valence electrons. The van der Waals surface area contributed by atoms with Gasteiger partial charge in [-0.25, -0.2) is 0 Å². The second-order valence-electron chi connectivity index (χ2n) is 10.2. The van der Waals surface area contributed by atoms with E-state index in [4.69, 9.17) is 0 Å². The van der Waals surface area contributed by atoms with E-state index in [1.54, 1.807) is 76.5 Å². The smallest absolute Gasteiger partial charge is 0.0616 e. The lowest BCUT2D eigenvalue weighted by Crippen LogP contribution is -2.67. The van der Waals surface area contributed by atoms with Crippen molar-refractivity contribution in [2.24, 2.45) is 0 Å². The second kappa shape index (κ2) is 2.78. The molecular formula is C28H14. The van der Waals surface area contributed by atoms with Gasteiger partial charge in [-0.2, -0.15) is 0 Å². The lowest BCUT2D eigenvalue weighted by molar-refractivity contribution is 0.226. The van der Waals surface area contributed by atoms with Gasteiger partial charge in [0.15, 0.2) is 0 Å². The van der Waals surface area contributed by atoms with E-state index in [0.29, 0.717) is 5.41 Å². The van der Waals surface area contributed by atoms with Crippen molar-refractivity contribution >= 4 is 54.7 Å². The highest BCUT2D eigenvalue weighted by molar-refractivity contribution is 6.43. The van der Waals surface area contributed by atoms with Gasteiger partial charge < -0.3 is 0 Å². The summed E-state index contributed by atoms with van der Waals surface area (Å²) >= 11 is 0. The highest BCUT2D eigenvalue weighted by Gasteiger charge is 2.81. The predicted octanol–water partition coefficient (Wildman–Crippen LogP) is 5.78. The third-order valence-corrected chi connectivity index (χ3v) is 9.96. The minimum atomic E-state index is 0.187. The fourth-order valence-corrected chi connectivity index (χ4v) is 9.71. The molecule has 0 heteroatoms. The second-order valence-corrected chi connectivity index (χ2v) is 10.2. The minimum absolute atomic E-state index is 0.187. The molecule has 6 aliphatic rings. The molecule has 28 heavy (non-hydrogen) atoms. The SMILES string of the molecule is CCCC1c2c3c4c5c6c7cccc8cc9c%10c(cc2c5c%10c87)C92C6=C(C=4)C312. The van der Waals surface area contributed by atoms with E-state index in [9.17, 15) is 0 Å². The van der Waals surface area contributed by atoms with Crippen molar-refractivity contribution in [2.75, 3.05) is 0 Å². The van der Waals surface area contributed by atoms with Crippen LogP contribution in [-0.2, 0) is 10.8 Å². The van der Waals surface area contributed by atoms with Crippen LogP contribution in [0.3, 0.4) is 0 Å². The van der Waals surface area contributed by atoms with Crippen LogP contribution in [-0.4, -0.2) is 0 Å². The Labute approximate surface area is 160 Å². The van der Waals surface area contributed by atoms with Gasteiger partial charge in [-0.3, -0.25) is 0 Å². The van der Waals surface area contributed by atoms with Gasteiger partial charge in [-0.1, -0.05) is 31.5 Å². The zero-order chi connectivity index (χ0) is 17.5. The van der Waals surface area contributed by atoms with Crippen LogP contribution >= 0.6 is 0 Å². The molecule has 3 atom stereocenters. The van der Waals surface area contributed by atoms with Gasteiger partial charge in [-0.15, -0.1) is 0 Å². The number of benzene rings is 5. The number of rotatable bonds is 2. The van der Waals surface area contributed by atoms with Crippen LogP contribution in [0, 0.1) is 0 Å². The molecule has 0 aliphatic heterocycles. The first-order chi connectivity index (χ1) is 13.9. The van der Waals surface area contributed by atoms with Crippen molar-refractivity contribution < 1.29 is 0 Å². The summed E-state index contributed by atoms with van der Waals surface area (Å²) in [6, 6.07) is 12.3. The number of hydrogen-bond acceptors (Lipinski definition) is 0. The van der Waals surface area contributed by atoms with Crippen LogP contribution in [0.2, 0.25) is 0 Å². The van der Waals surface area contributed by atoms with Crippen LogP contribution in [0.5, 0.6) is 0 Å². The minimum Gasteiger partial charge on any atom is -0.0654 e. The lowest BCUT2D eigenvalue weighted by Gasteiger charge is -2.70. The van der Waals surface area contributed by atoms with Gasteiger partial charge in [0.2, 0.25) is 0 Å². The lowest BCUT2D eigenvalue weighted by atomic mass is 9.30. The van der Waals surface area contributed by atoms with Gasteiger partial charge >= 0.3 is 0 Å². The van der Waals surface area contributed by atoms with E-state index in [1.807, 2.05) is 0 Å². The van der Waals surface area contributed by atoms with Crippen molar-refractivity contribution in [3.8, 4) is 0 Å². The summed E-state index contributed by atoms with van der Waals surface area (Å²) in [5.41, 5.74) is 12.5. The Balaban J connectivity index is 1.68. The predicted molar refractivity (Wildman–Crippen MR) is 114 cm³/mol. The van der Waals surface area contributed by atoms with Crippen LogP contribution in [0.15, 0.2) is 35.9 Å². The summed E-state index contributed by atoms with van der Waals surface area (Å²) in [6.07, 6.45) is 5.27. The third kappa shape index (κ3) is 0.621. The quantitative estimate of drug-likeness (QED) is 0.280. The summed E-state index contributed by atoms with van der Waals surface area (Å²) in [5, 5.41) is 14.3. The van der Waals surface area contributed by atoms with E-state index >= 15 is 0 Å². The Morgan fingerprint density at radius 3 is 2.79 bits per heavy atom. The van der Waals surface area contributed by atoms with Crippen LogP contribution in [0.25, 0.3) is 54.7 Å². The van der Waals surface area contributed by atoms with E-state index in [-0.39, 0.29) is 5.41 Å². The molecule has 0 saturated heterocycles. The summed E-state index contributed by atoms with van der Waals surface area (Å²) in [7, 11) is 0. The maximum absolute atomic E-state index is 2.66. The molecule has 6 aliphatic carbocycles. The fraction of sp³-hybridized carbons (Fsp3) is 0.214. The average molecular weight is 350 g/mol. The molecule has 5 aromatic rings. The molecule has 3 unspecified atom stereocenters. The highest BCUT2D eigenvalue weighted by atomic mass is 14.8. The zero-order valence-electron chi connectivity index (χ0n) is 15.5. The molecule has 5 aromatic carbocycles. The molecule has 0 N–H and O–H groups in total. The van der Waals surface area contributed by atoms with Gasteiger partial charge in [0.25, 0.3) is 0 Å². The molecule has 2 spiro atoms. The van der Waals surface area contributed by atoms with E-state index in [2.05, 4.69) is 43.3 Å². The van der Waals surface area contributed by atoms with Gasteiger partial charge in [-0.05, 0) is 112 Å². The molecule has 0 amide bonds. The number of allylic oxidation sites excluding steroid dienone is 2. The topological polar surface area (TPSA) is 0 Å². The summed E-state index contributed by atoms with van der Waals surface area (Å²) in [4.78, 5) is 0. The molecule has 0 nitrogen and oxygen atoms in total. The van der Waals surface area contributed by atoms with Gasteiger partial charge in [0, 0.05) is 11.3 Å². The van der Waals surface area contributed by atoms with E-state index in [1.165, 1.54) is 23.6 Å². The van der Waals surface area contributed by atoms with Crippen molar-refractivity contribution in [3.05, 3.63) is 68.9 Å². The van der Waals surface area contributed by atoms with Crippen molar-refractivity contribution in [3.63, 3.8) is 0 Å². The third-order valence-electron chi connectivity index (χ3n) is 9.96. The zero-order valence-corrected chi connectivity index (χ0v) is 15.5. The normalized spacial score (nSPS) is 32.1. The molecule has 0 radical (unpaired) electrons. The van der Waals surface area contributed by atoms with Crippen LogP contribution in [0.1, 0.15) is 53.5 Å².